The predicted molar refractivity (Wildman–Crippen MR) is 116 cm³/mol. The number of aromatic amines is 1. The molecule has 1 amide bonds. The number of pyridine rings is 1. The molecular weight excluding hydrogens is 376 g/mol. The maximum atomic E-state index is 13.2. The van der Waals surface area contributed by atoms with Crippen LogP contribution in [0.25, 0.3) is 11.1 Å². The van der Waals surface area contributed by atoms with Gasteiger partial charge in [-0.15, -0.1) is 0 Å². The normalized spacial score (nSPS) is 16.5. The van der Waals surface area contributed by atoms with Gasteiger partial charge in [-0.05, 0) is 68.0 Å². The first-order chi connectivity index (χ1) is 14.7. The van der Waals surface area contributed by atoms with E-state index >= 15 is 0 Å². The molecule has 3 aromatic rings. The highest BCUT2D eigenvalue weighted by atomic mass is 16.5. The topological polar surface area (TPSA) is 71.1 Å². The molecule has 6 nitrogen and oxygen atoms in total. The molecule has 1 aromatic carbocycles. The number of likely N-dealkylation sites (tertiary alicyclic amines) is 1. The van der Waals surface area contributed by atoms with Crippen LogP contribution in [-0.2, 0) is 11.2 Å². The molecule has 6 heteroatoms. The Balaban J connectivity index is 1.56. The SMILES string of the molecule is CCOc1ccc(CC(=O)N2CCCC[C@H]2c2[nH]ncc2-c2ccncc2C)cc1. The zero-order valence-electron chi connectivity index (χ0n) is 17.6. The number of aryl methyl sites for hydroxylation is 1. The van der Waals surface area contributed by atoms with Gasteiger partial charge in [0.05, 0.1) is 31.0 Å². The molecular formula is C24H28N4O2. The lowest BCUT2D eigenvalue weighted by molar-refractivity contribution is -0.134. The van der Waals surface area contributed by atoms with E-state index in [1.807, 2.05) is 54.5 Å². The molecule has 1 saturated heterocycles. The Hall–Kier alpha value is -3.15. The highest BCUT2D eigenvalue weighted by molar-refractivity contribution is 5.80. The summed E-state index contributed by atoms with van der Waals surface area (Å²) in [4.78, 5) is 19.5. The van der Waals surface area contributed by atoms with Gasteiger partial charge < -0.3 is 9.64 Å². The van der Waals surface area contributed by atoms with E-state index in [9.17, 15) is 4.79 Å². The fourth-order valence-electron chi connectivity index (χ4n) is 4.22. The van der Waals surface area contributed by atoms with Gasteiger partial charge in [0.2, 0.25) is 5.91 Å². The average Bonchev–Trinajstić information content (AvgIpc) is 3.25. The van der Waals surface area contributed by atoms with Crippen molar-refractivity contribution in [2.75, 3.05) is 13.2 Å². The van der Waals surface area contributed by atoms with E-state index in [2.05, 4.69) is 22.1 Å². The second-order valence-corrected chi connectivity index (χ2v) is 7.74. The Labute approximate surface area is 177 Å². The minimum Gasteiger partial charge on any atom is -0.494 e. The molecule has 0 saturated carbocycles. The summed E-state index contributed by atoms with van der Waals surface area (Å²) < 4.78 is 5.50. The van der Waals surface area contributed by atoms with Crippen molar-refractivity contribution in [2.45, 2.75) is 45.6 Å². The molecule has 0 aliphatic carbocycles. The standard InChI is InChI=1S/C24H28N4O2/c1-3-30-19-9-7-18(8-10-19)14-23(29)28-13-5-4-6-22(28)24-21(16-26-27-24)20-11-12-25-15-17(20)2/h7-12,15-16,22H,3-6,13-14H2,1-2H3,(H,26,27)/t22-/m0/s1. The lowest BCUT2D eigenvalue weighted by atomic mass is 9.93. The predicted octanol–water partition coefficient (Wildman–Crippen LogP) is 4.48. The number of nitrogens with one attached hydrogen (secondary N) is 1. The zero-order chi connectivity index (χ0) is 20.9. The van der Waals surface area contributed by atoms with E-state index in [4.69, 9.17) is 4.74 Å². The fourth-order valence-corrected chi connectivity index (χ4v) is 4.22. The van der Waals surface area contributed by atoms with Gasteiger partial charge in [-0.2, -0.15) is 5.10 Å². The second kappa shape index (κ2) is 9.11. The summed E-state index contributed by atoms with van der Waals surface area (Å²) in [6.45, 7) is 5.42. The molecule has 30 heavy (non-hydrogen) atoms. The van der Waals surface area contributed by atoms with Crippen LogP contribution in [0.2, 0.25) is 0 Å². The number of rotatable bonds is 6. The van der Waals surface area contributed by atoms with E-state index in [-0.39, 0.29) is 11.9 Å². The van der Waals surface area contributed by atoms with Crippen LogP contribution in [0.3, 0.4) is 0 Å². The summed E-state index contributed by atoms with van der Waals surface area (Å²) in [5, 5.41) is 7.51. The van der Waals surface area contributed by atoms with E-state index < -0.39 is 0 Å². The number of amides is 1. The summed E-state index contributed by atoms with van der Waals surface area (Å²) in [7, 11) is 0. The number of carbonyl (C=O) groups is 1. The fraction of sp³-hybridized carbons (Fsp3) is 0.375. The van der Waals surface area contributed by atoms with Crippen LogP contribution in [0.5, 0.6) is 5.75 Å². The number of ether oxygens (including phenoxy) is 1. The van der Waals surface area contributed by atoms with Crippen molar-refractivity contribution in [2.24, 2.45) is 0 Å². The monoisotopic (exact) mass is 404 g/mol. The highest BCUT2D eigenvalue weighted by Gasteiger charge is 2.31. The van der Waals surface area contributed by atoms with Gasteiger partial charge in [-0.1, -0.05) is 12.1 Å². The van der Waals surface area contributed by atoms with E-state index in [1.54, 1.807) is 6.20 Å². The van der Waals surface area contributed by atoms with Gasteiger partial charge >= 0.3 is 0 Å². The third kappa shape index (κ3) is 4.22. The van der Waals surface area contributed by atoms with Gasteiger partial charge in [0.25, 0.3) is 0 Å². The lowest BCUT2D eigenvalue weighted by Gasteiger charge is -2.36. The summed E-state index contributed by atoms with van der Waals surface area (Å²) in [6.07, 6.45) is 8.99. The Morgan fingerprint density at radius 3 is 2.77 bits per heavy atom. The number of benzene rings is 1. The van der Waals surface area contributed by atoms with Crippen LogP contribution >= 0.6 is 0 Å². The maximum Gasteiger partial charge on any atom is 0.227 e. The third-order valence-electron chi connectivity index (χ3n) is 5.73. The van der Waals surface area contributed by atoms with Crippen LogP contribution in [-0.4, -0.2) is 39.1 Å². The maximum absolute atomic E-state index is 13.2. The molecule has 2 aromatic heterocycles. The molecule has 0 radical (unpaired) electrons. The molecule has 1 N–H and O–H groups in total. The molecule has 1 atom stereocenters. The highest BCUT2D eigenvalue weighted by Crippen LogP contribution is 2.36. The minimum absolute atomic E-state index is 0.0130. The van der Waals surface area contributed by atoms with Gasteiger partial charge in [0.15, 0.2) is 0 Å². The number of carbonyl (C=O) groups excluding carboxylic acids is 1. The first-order valence-electron chi connectivity index (χ1n) is 10.6. The lowest BCUT2D eigenvalue weighted by Crippen LogP contribution is -2.39. The second-order valence-electron chi connectivity index (χ2n) is 7.74. The number of H-pyrrole nitrogens is 1. The van der Waals surface area contributed by atoms with Crippen molar-refractivity contribution in [3.63, 3.8) is 0 Å². The molecule has 0 unspecified atom stereocenters. The summed E-state index contributed by atoms with van der Waals surface area (Å²) in [5.41, 5.74) is 5.29. The van der Waals surface area contributed by atoms with Gasteiger partial charge in [-0.25, -0.2) is 0 Å². The van der Waals surface area contributed by atoms with Crippen molar-refractivity contribution >= 4 is 5.91 Å². The molecule has 1 aliphatic heterocycles. The molecule has 1 fully saturated rings. The van der Waals surface area contributed by atoms with Crippen molar-refractivity contribution in [1.82, 2.24) is 20.1 Å². The van der Waals surface area contributed by atoms with Crippen LogP contribution in [0.4, 0.5) is 0 Å². The van der Waals surface area contributed by atoms with Crippen LogP contribution in [0.1, 0.15) is 49.0 Å². The first-order valence-corrected chi connectivity index (χ1v) is 10.6. The number of nitrogens with zero attached hydrogens (tertiary/aromatic N) is 3. The Morgan fingerprint density at radius 1 is 1.17 bits per heavy atom. The van der Waals surface area contributed by atoms with Crippen LogP contribution < -0.4 is 4.74 Å². The molecule has 1 aliphatic rings. The summed E-state index contributed by atoms with van der Waals surface area (Å²) in [5.74, 6) is 0.982. The van der Waals surface area contributed by atoms with Gasteiger partial charge in [0.1, 0.15) is 5.75 Å². The summed E-state index contributed by atoms with van der Waals surface area (Å²) in [6, 6.07) is 9.84. The van der Waals surface area contributed by atoms with Crippen molar-refractivity contribution in [3.05, 3.63) is 65.7 Å². The van der Waals surface area contributed by atoms with Crippen molar-refractivity contribution in [3.8, 4) is 16.9 Å². The minimum atomic E-state index is 0.0130. The smallest absolute Gasteiger partial charge is 0.227 e. The molecule has 0 spiro atoms. The average molecular weight is 405 g/mol. The molecule has 156 valence electrons. The van der Waals surface area contributed by atoms with Crippen molar-refractivity contribution in [1.29, 1.82) is 0 Å². The zero-order valence-corrected chi connectivity index (χ0v) is 17.6. The molecule has 4 rings (SSSR count). The summed E-state index contributed by atoms with van der Waals surface area (Å²) >= 11 is 0. The van der Waals surface area contributed by atoms with Crippen molar-refractivity contribution < 1.29 is 9.53 Å². The van der Waals surface area contributed by atoms with Crippen LogP contribution in [0, 0.1) is 6.92 Å². The quantitative estimate of drug-likeness (QED) is 0.658. The third-order valence-corrected chi connectivity index (χ3v) is 5.73. The number of hydrogen-bond donors (Lipinski definition) is 1. The van der Waals surface area contributed by atoms with E-state index in [0.29, 0.717) is 13.0 Å². The Kier molecular flexibility index (Phi) is 6.12. The van der Waals surface area contributed by atoms with Gasteiger partial charge in [-0.3, -0.25) is 14.9 Å². The van der Waals surface area contributed by atoms with Crippen LogP contribution in [0.15, 0.2) is 48.9 Å². The van der Waals surface area contributed by atoms with E-state index in [1.165, 1.54) is 0 Å². The Bertz CT molecular complexity index is 996. The first kappa shape index (κ1) is 20.1. The number of hydrogen-bond acceptors (Lipinski definition) is 4. The number of aromatic nitrogens is 3. The largest absolute Gasteiger partial charge is 0.494 e. The van der Waals surface area contributed by atoms with Gasteiger partial charge in [0, 0.05) is 24.5 Å². The number of piperidine rings is 1. The molecule has 0 bridgehead atoms. The Morgan fingerprint density at radius 2 is 2.00 bits per heavy atom. The molecule has 3 heterocycles. The van der Waals surface area contributed by atoms with E-state index in [0.717, 1.165) is 59.5 Å².